The molecule has 0 unspecified atom stereocenters. The summed E-state index contributed by atoms with van der Waals surface area (Å²) in [5.41, 5.74) is -1.67. The fourth-order valence-electron chi connectivity index (χ4n) is 1.09. The summed E-state index contributed by atoms with van der Waals surface area (Å²) in [5.74, 6) is -1.23. The van der Waals surface area contributed by atoms with E-state index in [2.05, 4.69) is 4.98 Å². The monoisotopic (exact) mass is 211 g/mol. The van der Waals surface area contributed by atoms with Crippen molar-refractivity contribution in [3.8, 4) is 12.1 Å². The van der Waals surface area contributed by atoms with Crippen LogP contribution >= 0.6 is 0 Å². The fraction of sp³-hybridized carbons (Fsp3) is 0.222. The summed E-state index contributed by atoms with van der Waals surface area (Å²) < 4.78 is 37.7. The van der Waals surface area contributed by atoms with E-state index in [0.29, 0.717) is 6.20 Å². The highest BCUT2D eigenvalue weighted by Crippen LogP contribution is 2.26. The zero-order valence-electron chi connectivity index (χ0n) is 7.34. The first kappa shape index (κ1) is 11.0. The van der Waals surface area contributed by atoms with Gasteiger partial charge < -0.3 is 0 Å². The maximum Gasteiger partial charge on any atom is 0.268 e. The third-order valence-electron chi connectivity index (χ3n) is 1.73. The molecule has 0 bridgehead atoms. The van der Waals surface area contributed by atoms with Crippen LogP contribution < -0.4 is 0 Å². The molecule has 0 spiro atoms. The molecule has 0 N–H and O–H groups in total. The van der Waals surface area contributed by atoms with E-state index in [1.165, 1.54) is 6.07 Å². The van der Waals surface area contributed by atoms with Crippen LogP contribution in [0.2, 0.25) is 0 Å². The van der Waals surface area contributed by atoms with Crippen LogP contribution in [0.1, 0.15) is 23.2 Å². The third kappa shape index (κ3) is 2.05. The van der Waals surface area contributed by atoms with Crippen molar-refractivity contribution in [2.45, 2.75) is 12.8 Å². The van der Waals surface area contributed by atoms with E-state index in [1.54, 1.807) is 6.07 Å². The van der Waals surface area contributed by atoms with Crippen molar-refractivity contribution < 1.29 is 13.2 Å². The number of rotatable bonds is 2. The Balaban J connectivity index is 3.43. The van der Waals surface area contributed by atoms with E-state index in [9.17, 15) is 13.2 Å². The van der Waals surface area contributed by atoms with Gasteiger partial charge in [0.1, 0.15) is 6.07 Å². The van der Waals surface area contributed by atoms with E-state index in [0.717, 1.165) is 0 Å². The molecule has 1 aromatic heterocycles. The lowest BCUT2D eigenvalue weighted by Crippen LogP contribution is -2.03. The minimum atomic E-state index is -3.10. The molecule has 1 rings (SSSR count). The number of alkyl halides is 2. The van der Waals surface area contributed by atoms with Crippen molar-refractivity contribution in [2.75, 3.05) is 0 Å². The van der Waals surface area contributed by atoms with Crippen LogP contribution in [0.4, 0.5) is 13.2 Å². The van der Waals surface area contributed by atoms with Gasteiger partial charge in [-0.15, -0.1) is 0 Å². The average Bonchev–Trinajstić information content (AvgIpc) is 2.19. The molecule has 76 valence electrons. The summed E-state index contributed by atoms with van der Waals surface area (Å²) in [6.07, 6.45) is -2.81. The molecule has 1 aromatic rings. The predicted molar refractivity (Wildman–Crippen MR) is 43.2 cm³/mol. The second kappa shape index (κ2) is 4.43. The van der Waals surface area contributed by atoms with E-state index in [1.807, 2.05) is 0 Å². The lowest BCUT2D eigenvalue weighted by Gasteiger charge is -2.06. The van der Waals surface area contributed by atoms with E-state index >= 15 is 0 Å². The van der Waals surface area contributed by atoms with Crippen LogP contribution in [-0.4, -0.2) is 4.98 Å². The predicted octanol–water partition coefficient (Wildman–Crippen LogP) is 2.10. The molecule has 1 heterocycles. The molecule has 3 nitrogen and oxygen atoms in total. The Labute approximate surface area is 83.4 Å². The Bertz CT molecular complexity index is 457. The smallest absolute Gasteiger partial charge is 0.256 e. The number of halogens is 3. The van der Waals surface area contributed by atoms with Crippen LogP contribution in [0.15, 0.2) is 6.20 Å². The Morgan fingerprint density at radius 3 is 2.53 bits per heavy atom. The third-order valence-corrected chi connectivity index (χ3v) is 1.73. The lowest BCUT2D eigenvalue weighted by molar-refractivity contribution is 0.145. The van der Waals surface area contributed by atoms with Crippen molar-refractivity contribution >= 4 is 0 Å². The Morgan fingerprint density at radius 2 is 2.07 bits per heavy atom. The second-order valence-corrected chi connectivity index (χ2v) is 2.59. The number of nitrogens with zero attached hydrogens (tertiary/aromatic N) is 3. The zero-order chi connectivity index (χ0) is 11.4. The van der Waals surface area contributed by atoms with Gasteiger partial charge in [-0.05, 0) is 0 Å². The molecule has 0 saturated carbocycles. The van der Waals surface area contributed by atoms with Gasteiger partial charge in [-0.1, -0.05) is 0 Å². The molecule has 0 aliphatic rings. The number of hydrogen-bond donors (Lipinski definition) is 0. The van der Waals surface area contributed by atoms with Gasteiger partial charge in [0.25, 0.3) is 6.43 Å². The first-order valence-electron chi connectivity index (χ1n) is 3.84. The Kier molecular flexibility index (Phi) is 3.25. The number of pyridine rings is 1. The minimum Gasteiger partial charge on any atom is -0.256 e. The van der Waals surface area contributed by atoms with Gasteiger partial charge in [-0.25, -0.2) is 13.2 Å². The molecule has 15 heavy (non-hydrogen) atoms. The normalized spacial score (nSPS) is 9.73. The summed E-state index contributed by atoms with van der Waals surface area (Å²) in [4.78, 5) is 3.43. The van der Waals surface area contributed by atoms with Gasteiger partial charge in [-0.3, -0.25) is 4.98 Å². The first-order valence-corrected chi connectivity index (χ1v) is 3.84. The summed E-state index contributed by atoms with van der Waals surface area (Å²) in [6.45, 7) is 0. The molecule has 0 aromatic carbocycles. The molecule has 0 aliphatic heterocycles. The highest BCUT2D eigenvalue weighted by Gasteiger charge is 2.22. The summed E-state index contributed by atoms with van der Waals surface area (Å²) in [7, 11) is 0. The largest absolute Gasteiger partial charge is 0.268 e. The van der Waals surface area contributed by atoms with E-state index in [4.69, 9.17) is 10.5 Å². The van der Waals surface area contributed by atoms with Crippen LogP contribution in [0.25, 0.3) is 0 Å². The van der Waals surface area contributed by atoms with Gasteiger partial charge >= 0.3 is 0 Å². The second-order valence-electron chi connectivity index (χ2n) is 2.59. The quantitative estimate of drug-likeness (QED) is 0.752. The van der Waals surface area contributed by atoms with Gasteiger partial charge in [-0.2, -0.15) is 10.5 Å². The molecular formula is C9H4F3N3. The van der Waals surface area contributed by atoms with Crippen molar-refractivity contribution in [3.63, 3.8) is 0 Å². The van der Waals surface area contributed by atoms with E-state index < -0.39 is 23.4 Å². The Hall–Kier alpha value is -2.08. The van der Waals surface area contributed by atoms with Crippen molar-refractivity contribution in [1.82, 2.24) is 4.98 Å². The number of hydrogen-bond acceptors (Lipinski definition) is 3. The van der Waals surface area contributed by atoms with Gasteiger partial charge in [0.2, 0.25) is 0 Å². The molecule has 0 radical (unpaired) electrons. The highest BCUT2D eigenvalue weighted by atomic mass is 19.3. The Morgan fingerprint density at radius 1 is 1.40 bits per heavy atom. The van der Waals surface area contributed by atoms with Gasteiger partial charge in [0, 0.05) is 0 Å². The summed E-state index contributed by atoms with van der Waals surface area (Å²) in [6, 6.07) is 3.10. The van der Waals surface area contributed by atoms with Crippen molar-refractivity contribution in [3.05, 3.63) is 28.8 Å². The molecular weight excluding hydrogens is 207 g/mol. The maximum absolute atomic E-state index is 12.9. The lowest BCUT2D eigenvalue weighted by atomic mass is 10.1. The summed E-state index contributed by atoms with van der Waals surface area (Å²) in [5, 5.41) is 17.0. The average molecular weight is 211 g/mol. The zero-order valence-corrected chi connectivity index (χ0v) is 7.34. The van der Waals surface area contributed by atoms with Crippen LogP contribution in [0.3, 0.4) is 0 Å². The molecule has 0 fully saturated rings. The summed E-state index contributed by atoms with van der Waals surface area (Å²) >= 11 is 0. The van der Waals surface area contributed by atoms with Crippen LogP contribution in [0, 0.1) is 28.5 Å². The number of aromatic nitrogens is 1. The SMILES string of the molecule is N#CCc1ncc(F)c(C(F)F)c1C#N. The topological polar surface area (TPSA) is 60.5 Å². The number of nitriles is 2. The standard InChI is InChI=1S/C9H4F3N3/c10-6-4-15-7(1-2-13)5(3-14)8(6)9(11)12/h4,9H,1H2. The molecule has 0 saturated heterocycles. The van der Waals surface area contributed by atoms with Crippen LogP contribution in [0.5, 0.6) is 0 Å². The van der Waals surface area contributed by atoms with Crippen LogP contribution in [-0.2, 0) is 6.42 Å². The molecule has 0 aliphatic carbocycles. The molecule has 6 heteroatoms. The maximum atomic E-state index is 12.9. The first-order chi connectivity index (χ1) is 7.11. The molecule has 0 atom stereocenters. The van der Waals surface area contributed by atoms with Crippen molar-refractivity contribution in [1.29, 1.82) is 10.5 Å². The highest BCUT2D eigenvalue weighted by molar-refractivity contribution is 5.43. The van der Waals surface area contributed by atoms with Gasteiger partial charge in [0.15, 0.2) is 5.82 Å². The van der Waals surface area contributed by atoms with Gasteiger partial charge in [0.05, 0.1) is 35.5 Å². The minimum absolute atomic E-state index is 0.128. The van der Waals surface area contributed by atoms with E-state index in [-0.39, 0.29) is 12.1 Å². The van der Waals surface area contributed by atoms with Crippen molar-refractivity contribution in [2.24, 2.45) is 0 Å². The molecule has 0 amide bonds. The fourth-order valence-corrected chi connectivity index (χ4v) is 1.09.